The van der Waals surface area contributed by atoms with Crippen molar-refractivity contribution in [3.05, 3.63) is 41.4 Å². The predicted octanol–water partition coefficient (Wildman–Crippen LogP) is 3.66. The molecule has 1 aromatic heterocycles. The lowest BCUT2D eigenvalue weighted by atomic mass is 10.1. The maximum Gasteiger partial charge on any atom is 0.318 e. The molecule has 8 nitrogen and oxygen atoms in total. The van der Waals surface area contributed by atoms with E-state index in [1.165, 1.54) is 0 Å². The molecule has 0 bridgehead atoms. The van der Waals surface area contributed by atoms with E-state index in [2.05, 4.69) is 20.4 Å². The summed E-state index contributed by atoms with van der Waals surface area (Å²) in [4.78, 5) is 31.1. The normalized spacial score (nSPS) is 14.8. The summed E-state index contributed by atoms with van der Waals surface area (Å²) in [6.45, 7) is 10.4. The van der Waals surface area contributed by atoms with Gasteiger partial charge in [-0.3, -0.25) is 4.79 Å². The van der Waals surface area contributed by atoms with Crippen LogP contribution in [0.2, 0.25) is 5.02 Å². The van der Waals surface area contributed by atoms with E-state index in [1.54, 1.807) is 4.90 Å². The van der Waals surface area contributed by atoms with Gasteiger partial charge >= 0.3 is 6.03 Å². The van der Waals surface area contributed by atoms with E-state index in [0.29, 0.717) is 31.2 Å². The summed E-state index contributed by atoms with van der Waals surface area (Å²) in [5.41, 5.74) is 1.57. The van der Waals surface area contributed by atoms with Crippen molar-refractivity contribution in [3.63, 3.8) is 0 Å². The van der Waals surface area contributed by atoms with Crippen LogP contribution in [0.15, 0.2) is 36.4 Å². The summed E-state index contributed by atoms with van der Waals surface area (Å²) >= 11 is 6.26. The minimum absolute atomic E-state index is 0.0131. The SMILES string of the molecule is CC[C@@H](C)N(CC(=O)N1CCN(c2ccc(-c3ccccc3Cl)nn2)CC1)C(=O)NC(C)C. The van der Waals surface area contributed by atoms with Crippen molar-refractivity contribution in [2.45, 2.75) is 46.2 Å². The smallest absolute Gasteiger partial charge is 0.318 e. The molecule has 0 unspecified atom stereocenters. The van der Waals surface area contributed by atoms with Crippen molar-refractivity contribution < 1.29 is 9.59 Å². The quantitative estimate of drug-likeness (QED) is 0.665. The zero-order chi connectivity index (χ0) is 24.0. The number of hydrogen-bond acceptors (Lipinski definition) is 5. The van der Waals surface area contributed by atoms with Gasteiger partial charge in [-0.25, -0.2) is 4.79 Å². The van der Waals surface area contributed by atoms with Crippen molar-refractivity contribution in [1.82, 2.24) is 25.3 Å². The molecule has 2 heterocycles. The van der Waals surface area contributed by atoms with Crippen molar-refractivity contribution >= 4 is 29.4 Å². The molecular formula is C24H33ClN6O2. The van der Waals surface area contributed by atoms with E-state index in [4.69, 9.17) is 11.6 Å². The fourth-order valence-electron chi connectivity index (χ4n) is 3.72. The number of nitrogens with one attached hydrogen (secondary N) is 1. The van der Waals surface area contributed by atoms with E-state index in [9.17, 15) is 9.59 Å². The summed E-state index contributed by atoms with van der Waals surface area (Å²) in [6, 6.07) is 11.2. The third-order valence-electron chi connectivity index (χ3n) is 5.86. The fraction of sp³-hybridized carbons (Fsp3) is 0.500. The zero-order valence-corrected chi connectivity index (χ0v) is 20.5. The molecule has 0 spiro atoms. The number of benzene rings is 1. The molecule has 0 radical (unpaired) electrons. The number of anilines is 1. The highest BCUT2D eigenvalue weighted by atomic mass is 35.5. The van der Waals surface area contributed by atoms with E-state index in [-0.39, 0.29) is 30.6 Å². The summed E-state index contributed by atoms with van der Waals surface area (Å²) in [7, 11) is 0. The highest BCUT2D eigenvalue weighted by Gasteiger charge is 2.27. The molecule has 1 N–H and O–H groups in total. The van der Waals surface area contributed by atoms with Crippen LogP contribution in [0.1, 0.15) is 34.1 Å². The van der Waals surface area contributed by atoms with Crippen molar-refractivity contribution in [1.29, 1.82) is 0 Å². The first kappa shape index (κ1) is 24.8. The Morgan fingerprint density at radius 3 is 2.33 bits per heavy atom. The van der Waals surface area contributed by atoms with Crippen LogP contribution in [0.3, 0.4) is 0 Å². The Labute approximate surface area is 200 Å². The van der Waals surface area contributed by atoms with Gasteiger partial charge in [0.05, 0.1) is 10.7 Å². The molecule has 3 amide bonds. The number of halogens is 1. The van der Waals surface area contributed by atoms with Crippen LogP contribution >= 0.6 is 11.6 Å². The number of amides is 3. The van der Waals surface area contributed by atoms with Crippen LogP contribution < -0.4 is 10.2 Å². The molecule has 3 rings (SSSR count). The van der Waals surface area contributed by atoms with Gasteiger partial charge in [-0.05, 0) is 45.4 Å². The topological polar surface area (TPSA) is 81.7 Å². The highest BCUT2D eigenvalue weighted by molar-refractivity contribution is 6.33. The molecule has 1 aromatic carbocycles. The van der Waals surface area contributed by atoms with Gasteiger partial charge in [-0.15, -0.1) is 10.2 Å². The van der Waals surface area contributed by atoms with Gasteiger partial charge in [0, 0.05) is 43.8 Å². The number of hydrogen-bond donors (Lipinski definition) is 1. The van der Waals surface area contributed by atoms with Gasteiger partial charge in [0.1, 0.15) is 6.54 Å². The Morgan fingerprint density at radius 1 is 1.06 bits per heavy atom. The van der Waals surface area contributed by atoms with Crippen LogP contribution in [0.25, 0.3) is 11.3 Å². The molecule has 0 saturated carbocycles. The Balaban J connectivity index is 1.58. The van der Waals surface area contributed by atoms with Gasteiger partial charge in [0.15, 0.2) is 5.82 Å². The number of urea groups is 1. The van der Waals surface area contributed by atoms with Crippen LogP contribution in [-0.4, -0.2) is 76.7 Å². The first-order valence-corrected chi connectivity index (χ1v) is 11.9. The zero-order valence-electron chi connectivity index (χ0n) is 19.8. The van der Waals surface area contributed by atoms with Gasteiger partial charge in [0.25, 0.3) is 0 Å². The van der Waals surface area contributed by atoms with E-state index in [1.807, 2.05) is 69.0 Å². The van der Waals surface area contributed by atoms with Gasteiger partial charge in [-0.1, -0.05) is 36.7 Å². The highest BCUT2D eigenvalue weighted by Crippen LogP contribution is 2.26. The van der Waals surface area contributed by atoms with Crippen LogP contribution in [-0.2, 0) is 4.79 Å². The minimum atomic E-state index is -0.194. The number of carbonyl (C=O) groups is 2. The Hall–Kier alpha value is -2.87. The summed E-state index contributed by atoms with van der Waals surface area (Å²) in [5.74, 6) is 0.740. The summed E-state index contributed by atoms with van der Waals surface area (Å²) in [6.07, 6.45) is 0.787. The first-order chi connectivity index (χ1) is 15.8. The summed E-state index contributed by atoms with van der Waals surface area (Å²) < 4.78 is 0. The third-order valence-corrected chi connectivity index (χ3v) is 6.19. The van der Waals surface area contributed by atoms with Gasteiger partial charge < -0.3 is 20.0 Å². The number of piperazine rings is 1. The molecular weight excluding hydrogens is 440 g/mol. The van der Waals surface area contributed by atoms with E-state index in [0.717, 1.165) is 23.5 Å². The standard InChI is InChI=1S/C24H33ClN6O2/c1-5-18(4)31(24(33)26-17(2)3)16-23(32)30-14-12-29(13-15-30)22-11-10-21(27-28-22)19-8-6-7-9-20(19)25/h6-11,17-18H,5,12-16H2,1-4H3,(H,26,33)/t18-/m1/s1. The van der Waals surface area contributed by atoms with Crippen LogP contribution in [0.4, 0.5) is 10.6 Å². The van der Waals surface area contributed by atoms with Crippen LogP contribution in [0.5, 0.6) is 0 Å². The first-order valence-electron chi connectivity index (χ1n) is 11.5. The Kier molecular flexibility index (Phi) is 8.49. The molecule has 1 atom stereocenters. The predicted molar refractivity (Wildman–Crippen MR) is 131 cm³/mol. The Morgan fingerprint density at radius 2 is 1.76 bits per heavy atom. The number of carbonyl (C=O) groups excluding carboxylic acids is 2. The molecule has 2 aromatic rings. The van der Waals surface area contributed by atoms with Crippen molar-refractivity contribution in [3.8, 4) is 11.3 Å². The number of aromatic nitrogens is 2. The fourth-order valence-corrected chi connectivity index (χ4v) is 3.95. The molecule has 0 aliphatic carbocycles. The average Bonchev–Trinajstić information content (AvgIpc) is 2.82. The van der Waals surface area contributed by atoms with E-state index < -0.39 is 0 Å². The molecule has 33 heavy (non-hydrogen) atoms. The maximum absolute atomic E-state index is 12.9. The molecule has 1 aliphatic heterocycles. The second-order valence-corrected chi connectivity index (χ2v) is 9.02. The third kappa shape index (κ3) is 6.35. The lowest BCUT2D eigenvalue weighted by Crippen LogP contribution is -2.55. The van der Waals surface area contributed by atoms with E-state index >= 15 is 0 Å². The van der Waals surface area contributed by atoms with Crippen LogP contribution in [0, 0.1) is 0 Å². The van der Waals surface area contributed by atoms with Gasteiger partial charge in [0.2, 0.25) is 5.91 Å². The van der Waals surface area contributed by atoms with Crippen molar-refractivity contribution in [2.75, 3.05) is 37.6 Å². The average molecular weight is 473 g/mol. The number of rotatable bonds is 7. The molecule has 1 fully saturated rings. The lowest BCUT2D eigenvalue weighted by Gasteiger charge is -2.37. The second kappa shape index (κ2) is 11.3. The molecule has 1 saturated heterocycles. The second-order valence-electron chi connectivity index (χ2n) is 8.61. The number of nitrogens with zero attached hydrogens (tertiary/aromatic N) is 5. The molecule has 9 heteroatoms. The largest absolute Gasteiger partial charge is 0.352 e. The van der Waals surface area contributed by atoms with Gasteiger partial charge in [-0.2, -0.15) is 0 Å². The minimum Gasteiger partial charge on any atom is -0.352 e. The summed E-state index contributed by atoms with van der Waals surface area (Å²) in [5, 5.41) is 12.3. The monoisotopic (exact) mass is 472 g/mol. The maximum atomic E-state index is 12.9. The van der Waals surface area contributed by atoms with Crippen molar-refractivity contribution in [2.24, 2.45) is 0 Å². The Bertz CT molecular complexity index is 944. The molecule has 178 valence electrons. The molecule has 1 aliphatic rings. The lowest BCUT2D eigenvalue weighted by molar-refractivity contribution is -0.132.